The Balaban J connectivity index is 1.65. The maximum absolute atomic E-state index is 12.4. The van der Waals surface area contributed by atoms with Gasteiger partial charge in [-0.15, -0.1) is 0 Å². The van der Waals surface area contributed by atoms with Gasteiger partial charge >= 0.3 is 5.97 Å². The second-order valence-electron chi connectivity index (χ2n) is 5.82. The van der Waals surface area contributed by atoms with E-state index >= 15 is 0 Å². The number of esters is 1. The minimum atomic E-state index is -0.451. The van der Waals surface area contributed by atoms with Gasteiger partial charge in [-0.25, -0.2) is 9.78 Å². The number of amides is 1. The zero-order chi connectivity index (χ0) is 18.0. The van der Waals surface area contributed by atoms with Crippen molar-refractivity contribution in [2.24, 2.45) is 0 Å². The number of nitrogens with one attached hydrogen (secondary N) is 3. The number of hydrogen-bond donors (Lipinski definition) is 3. The normalized spacial score (nSPS) is 10.8. The third-order valence-corrected chi connectivity index (χ3v) is 4.14. The van der Waals surface area contributed by atoms with Crippen molar-refractivity contribution in [2.45, 2.75) is 20.3 Å². The minimum Gasteiger partial charge on any atom is -0.465 e. The number of carbonyl (C=O) groups excluding carboxylic acids is 2. The molecule has 1 aromatic carbocycles. The highest BCUT2D eigenvalue weighted by atomic mass is 16.5. The highest BCUT2D eigenvalue weighted by Crippen LogP contribution is 2.18. The van der Waals surface area contributed by atoms with Crippen molar-refractivity contribution in [1.29, 1.82) is 0 Å². The van der Waals surface area contributed by atoms with E-state index in [0.717, 1.165) is 16.9 Å². The summed E-state index contributed by atoms with van der Waals surface area (Å²) in [4.78, 5) is 34.8. The fourth-order valence-corrected chi connectivity index (χ4v) is 2.89. The average Bonchev–Trinajstić information content (AvgIpc) is 3.14. The van der Waals surface area contributed by atoms with Gasteiger partial charge < -0.3 is 20.0 Å². The zero-order valence-electron chi connectivity index (χ0n) is 14.4. The molecule has 3 aromatic rings. The second kappa shape index (κ2) is 6.80. The van der Waals surface area contributed by atoms with Crippen LogP contribution in [0, 0.1) is 13.8 Å². The summed E-state index contributed by atoms with van der Waals surface area (Å²) in [6.07, 6.45) is 0.586. The van der Waals surface area contributed by atoms with Crippen LogP contribution in [0.4, 0.5) is 0 Å². The van der Waals surface area contributed by atoms with E-state index in [1.54, 1.807) is 13.8 Å². The molecule has 0 spiro atoms. The molecule has 0 aliphatic rings. The SMILES string of the molecule is COC(=O)c1c(C)[nH]c(C(=O)NCCc2nc3ccccc3[nH]2)c1C. The zero-order valence-corrected chi connectivity index (χ0v) is 14.4. The van der Waals surface area contributed by atoms with E-state index in [9.17, 15) is 9.59 Å². The third kappa shape index (κ3) is 3.26. The number of imidazole rings is 1. The van der Waals surface area contributed by atoms with Crippen molar-refractivity contribution in [1.82, 2.24) is 20.3 Å². The lowest BCUT2D eigenvalue weighted by molar-refractivity contribution is 0.0599. The molecule has 0 atom stereocenters. The maximum atomic E-state index is 12.4. The van der Waals surface area contributed by atoms with Gasteiger partial charge in [0.15, 0.2) is 0 Å². The summed E-state index contributed by atoms with van der Waals surface area (Å²) in [5, 5.41) is 2.85. The van der Waals surface area contributed by atoms with E-state index in [0.29, 0.717) is 35.5 Å². The topological polar surface area (TPSA) is 99.9 Å². The monoisotopic (exact) mass is 340 g/mol. The van der Waals surface area contributed by atoms with Crippen LogP contribution in [0.1, 0.15) is 37.9 Å². The molecule has 0 saturated heterocycles. The van der Waals surface area contributed by atoms with Gasteiger partial charge in [-0.3, -0.25) is 4.79 Å². The van der Waals surface area contributed by atoms with E-state index in [4.69, 9.17) is 4.74 Å². The van der Waals surface area contributed by atoms with Gasteiger partial charge in [0.05, 0.1) is 23.7 Å². The number of carbonyl (C=O) groups is 2. The molecule has 0 radical (unpaired) electrons. The first-order chi connectivity index (χ1) is 12.0. The van der Waals surface area contributed by atoms with Crippen LogP contribution in [-0.4, -0.2) is 40.5 Å². The number of methoxy groups -OCH3 is 1. The lowest BCUT2D eigenvalue weighted by Crippen LogP contribution is -2.27. The fraction of sp³-hybridized carbons (Fsp3) is 0.278. The predicted molar refractivity (Wildman–Crippen MR) is 93.7 cm³/mol. The van der Waals surface area contributed by atoms with Crippen LogP contribution < -0.4 is 5.32 Å². The number of H-pyrrole nitrogens is 2. The van der Waals surface area contributed by atoms with Gasteiger partial charge in [-0.2, -0.15) is 0 Å². The molecule has 0 aliphatic heterocycles. The van der Waals surface area contributed by atoms with Crippen molar-refractivity contribution in [3.05, 3.63) is 52.6 Å². The largest absolute Gasteiger partial charge is 0.465 e. The smallest absolute Gasteiger partial charge is 0.339 e. The Morgan fingerprint density at radius 3 is 2.68 bits per heavy atom. The van der Waals surface area contributed by atoms with Gasteiger partial charge in [-0.05, 0) is 31.5 Å². The molecule has 130 valence electrons. The molecule has 25 heavy (non-hydrogen) atoms. The van der Waals surface area contributed by atoms with Gasteiger partial charge in [0.1, 0.15) is 11.5 Å². The van der Waals surface area contributed by atoms with Gasteiger partial charge in [0.2, 0.25) is 0 Å². The molecule has 3 N–H and O–H groups in total. The van der Waals surface area contributed by atoms with Crippen molar-refractivity contribution >= 4 is 22.9 Å². The summed E-state index contributed by atoms with van der Waals surface area (Å²) in [5.41, 5.74) is 3.87. The van der Waals surface area contributed by atoms with Crippen molar-refractivity contribution in [3.8, 4) is 0 Å². The molecule has 0 aliphatic carbocycles. The number of para-hydroxylation sites is 2. The summed E-state index contributed by atoms with van der Waals surface area (Å²) >= 11 is 0. The highest BCUT2D eigenvalue weighted by Gasteiger charge is 2.22. The fourth-order valence-electron chi connectivity index (χ4n) is 2.89. The highest BCUT2D eigenvalue weighted by molar-refractivity contribution is 6.00. The Labute approximate surface area is 144 Å². The van der Waals surface area contributed by atoms with Gasteiger partial charge in [0.25, 0.3) is 5.91 Å². The van der Waals surface area contributed by atoms with Crippen LogP contribution in [0.5, 0.6) is 0 Å². The number of benzene rings is 1. The van der Waals surface area contributed by atoms with Gasteiger partial charge in [-0.1, -0.05) is 12.1 Å². The van der Waals surface area contributed by atoms with Crippen molar-refractivity contribution < 1.29 is 14.3 Å². The Morgan fingerprint density at radius 2 is 1.96 bits per heavy atom. The Kier molecular flexibility index (Phi) is 4.56. The average molecular weight is 340 g/mol. The third-order valence-electron chi connectivity index (χ3n) is 4.14. The first kappa shape index (κ1) is 16.8. The molecule has 2 heterocycles. The summed E-state index contributed by atoms with van der Waals surface area (Å²) in [6, 6.07) is 7.78. The minimum absolute atomic E-state index is 0.258. The quantitative estimate of drug-likeness (QED) is 0.620. The van der Waals surface area contributed by atoms with E-state index in [2.05, 4.69) is 20.3 Å². The van der Waals surface area contributed by atoms with Gasteiger partial charge in [0, 0.05) is 18.7 Å². The number of hydrogen-bond acceptors (Lipinski definition) is 4. The molecule has 3 rings (SSSR count). The molecule has 1 amide bonds. The number of aromatic amines is 2. The second-order valence-corrected chi connectivity index (χ2v) is 5.82. The summed E-state index contributed by atoms with van der Waals surface area (Å²) in [5.74, 6) is 0.107. The molecule has 0 unspecified atom stereocenters. The molecule has 0 saturated carbocycles. The van der Waals surface area contributed by atoms with Crippen LogP contribution in [0.3, 0.4) is 0 Å². The van der Waals surface area contributed by atoms with Crippen molar-refractivity contribution in [3.63, 3.8) is 0 Å². The standard InChI is InChI=1S/C18H20N4O3/c1-10-15(18(24)25-3)11(2)20-16(10)17(23)19-9-8-14-21-12-6-4-5-7-13(12)22-14/h4-7,20H,8-9H2,1-3H3,(H,19,23)(H,21,22). The van der Waals surface area contributed by atoms with Crippen LogP contribution in [0.2, 0.25) is 0 Å². The molecule has 0 fully saturated rings. The lowest BCUT2D eigenvalue weighted by Gasteiger charge is -2.04. The summed E-state index contributed by atoms with van der Waals surface area (Å²) < 4.78 is 4.76. The van der Waals surface area contributed by atoms with E-state index in [1.807, 2.05) is 24.3 Å². The number of aromatic nitrogens is 3. The van der Waals surface area contributed by atoms with Crippen LogP contribution in [0.15, 0.2) is 24.3 Å². The van der Waals surface area contributed by atoms with E-state index in [1.165, 1.54) is 7.11 Å². The number of aryl methyl sites for hydroxylation is 1. The Bertz CT molecular complexity index is 906. The first-order valence-electron chi connectivity index (χ1n) is 8.00. The first-order valence-corrected chi connectivity index (χ1v) is 8.00. The number of ether oxygens (including phenoxy) is 1. The summed E-state index contributed by atoms with van der Waals surface area (Å²) in [6.45, 7) is 3.90. The van der Waals surface area contributed by atoms with E-state index < -0.39 is 5.97 Å². The molecule has 7 heteroatoms. The lowest BCUT2D eigenvalue weighted by atomic mass is 10.1. The molecule has 2 aromatic heterocycles. The Hall–Kier alpha value is -3.09. The number of rotatable bonds is 5. The van der Waals surface area contributed by atoms with Crippen LogP contribution >= 0.6 is 0 Å². The van der Waals surface area contributed by atoms with Crippen molar-refractivity contribution in [2.75, 3.05) is 13.7 Å². The summed E-state index contributed by atoms with van der Waals surface area (Å²) in [7, 11) is 1.32. The predicted octanol–water partition coefficient (Wildman–Crippen LogP) is 2.27. The van der Waals surface area contributed by atoms with Crippen LogP contribution in [0.25, 0.3) is 11.0 Å². The Morgan fingerprint density at radius 1 is 1.20 bits per heavy atom. The molecule has 7 nitrogen and oxygen atoms in total. The number of nitrogens with zero attached hydrogens (tertiary/aromatic N) is 1. The van der Waals surface area contributed by atoms with Crippen LogP contribution in [-0.2, 0) is 11.2 Å². The molecule has 0 bridgehead atoms. The molecular formula is C18H20N4O3. The van der Waals surface area contributed by atoms with E-state index in [-0.39, 0.29) is 5.91 Å². The maximum Gasteiger partial charge on any atom is 0.339 e. The molecular weight excluding hydrogens is 320 g/mol. The number of fused-ring (bicyclic) bond motifs is 1.